The highest BCUT2D eigenvalue weighted by Gasteiger charge is 2.17. The van der Waals surface area contributed by atoms with Crippen LogP contribution in [0.3, 0.4) is 0 Å². The highest BCUT2D eigenvalue weighted by atomic mass is 16.6. The van der Waals surface area contributed by atoms with Crippen LogP contribution in [0.2, 0.25) is 0 Å². The van der Waals surface area contributed by atoms with Crippen LogP contribution in [0.5, 0.6) is 0 Å². The SMILES string of the molecule is CC(C)(C)N=c1oc2ccc([N+](=O)[O-])cc2nc1NC(C)(C)C. The Morgan fingerprint density at radius 2 is 1.87 bits per heavy atom. The molecule has 7 heteroatoms. The molecular weight excluding hydrogens is 296 g/mol. The smallest absolute Gasteiger partial charge is 0.271 e. The van der Waals surface area contributed by atoms with Gasteiger partial charge in [0, 0.05) is 17.7 Å². The molecule has 2 rings (SSSR count). The summed E-state index contributed by atoms with van der Waals surface area (Å²) in [5, 5.41) is 14.2. The third-order valence-corrected chi connectivity index (χ3v) is 2.73. The highest BCUT2D eigenvalue weighted by Crippen LogP contribution is 2.20. The molecule has 0 amide bonds. The Morgan fingerprint density at radius 1 is 1.22 bits per heavy atom. The van der Waals surface area contributed by atoms with Gasteiger partial charge in [0.1, 0.15) is 5.52 Å². The lowest BCUT2D eigenvalue weighted by atomic mass is 10.1. The number of nitro benzene ring substituents is 1. The van der Waals surface area contributed by atoms with Gasteiger partial charge in [0.05, 0.1) is 10.5 Å². The standard InChI is InChI=1S/C16H22N4O3/c1-15(2,3)18-13-14(19-16(4,5)6)23-12-8-7-10(20(21)22)9-11(12)17-13/h7-9H,1-6H3,(H,17,18). The van der Waals surface area contributed by atoms with E-state index in [1.54, 1.807) is 6.07 Å². The van der Waals surface area contributed by atoms with Crippen LogP contribution in [-0.4, -0.2) is 21.0 Å². The van der Waals surface area contributed by atoms with Crippen LogP contribution in [0.25, 0.3) is 11.1 Å². The Morgan fingerprint density at radius 3 is 2.39 bits per heavy atom. The van der Waals surface area contributed by atoms with Crippen molar-refractivity contribution < 1.29 is 9.34 Å². The second kappa shape index (κ2) is 5.64. The van der Waals surface area contributed by atoms with Crippen molar-refractivity contribution in [2.45, 2.75) is 52.6 Å². The van der Waals surface area contributed by atoms with E-state index in [0.29, 0.717) is 22.5 Å². The Labute approximate surface area is 134 Å². The summed E-state index contributed by atoms with van der Waals surface area (Å²) in [6, 6.07) is 4.34. The molecule has 0 unspecified atom stereocenters. The summed E-state index contributed by atoms with van der Waals surface area (Å²) >= 11 is 0. The van der Waals surface area contributed by atoms with Crippen LogP contribution in [0.4, 0.5) is 11.5 Å². The van der Waals surface area contributed by atoms with Crippen molar-refractivity contribution in [2.24, 2.45) is 4.99 Å². The molecule has 0 aliphatic rings. The molecule has 23 heavy (non-hydrogen) atoms. The first-order valence-electron chi connectivity index (χ1n) is 7.38. The van der Waals surface area contributed by atoms with E-state index in [2.05, 4.69) is 15.3 Å². The second-order valence-electron chi connectivity index (χ2n) is 7.43. The van der Waals surface area contributed by atoms with E-state index in [0.717, 1.165) is 0 Å². The Hall–Kier alpha value is -2.44. The summed E-state index contributed by atoms with van der Waals surface area (Å²) in [6.45, 7) is 11.9. The summed E-state index contributed by atoms with van der Waals surface area (Å²) < 4.78 is 5.84. The molecule has 0 atom stereocenters. The minimum atomic E-state index is -0.453. The first kappa shape index (κ1) is 16.9. The number of non-ortho nitro benzene ring substituents is 1. The number of benzene rings is 1. The molecule has 0 fully saturated rings. The molecule has 0 aliphatic carbocycles. The van der Waals surface area contributed by atoms with Crippen molar-refractivity contribution >= 4 is 22.6 Å². The van der Waals surface area contributed by atoms with Crippen LogP contribution < -0.4 is 10.9 Å². The fourth-order valence-corrected chi connectivity index (χ4v) is 1.93. The summed E-state index contributed by atoms with van der Waals surface area (Å²) in [7, 11) is 0. The molecule has 0 saturated heterocycles. The molecule has 0 aliphatic heterocycles. The van der Waals surface area contributed by atoms with Crippen molar-refractivity contribution in [1.82, 2.24) is 4.98 Å². The second-order valence-corrected chi connectivity index (χ2v) is 7.43. The lowest BCUT2D eigenvalue weighted by Crippen LogP contribution is -2.31. The predicted octanol–water partition coefficient (Wildman–Crippen LogP) is 3.65. The van der Waals surface area contributed by atoms with E-state index in [9.17, 15) is 10.1 Å². The normalized spacial score (nSPS) is 13.4. The number of hydrogen-bond acceptors (Lipinski definition) is 6. The molecule has 124 valence electrons. The number of aromatic nitrogens is 1. The van der Waals surface area contributed by atoms with Crippen molar-refractivity contribution in [1.29, 1.82) is 0 Å². The number of rotatable bonds is 2. The summed E-state index contributed by atoms with van der Waals surface area (Å²) in [4.78, 5) is 19.5. The minimum absolute atomic E-state index is 0.0255. The average Bonchev–Trinajstić information content (AvgIpc) is 2.35. The molecule has 0 saturated carbocycles. The lowest BCUT2D eigenvalue weighted by Gasteiger charge is -2.21. The van der Waals surface area contributed by atoms with E-state index in [1.165, 1.54) is 12.1 Å². The van der Waals surface area contributed by atoms with Crippen LogP contribution in [-0.2, 0) is 0 Å². The van der Waals surface area contributed by atoms with Gasteiger partial charge in [0.15, 0.2) is 11.4 Å². The number of hydrogen-bond donors (Lipinski definition) is 1. The van der Waals surface area contributed by atoms with Gasteiger partial charge in [-0.15, -0.1) is 0 Å². The first-order valence-corrected chi connectivity index (χ1v) is 7.38. The van der Waals surface area contributed by atoms with Gasteiger partial charge in [0.25, 0.3) is 11.2 Å². The summed E-state index contributed by atoms with van der Waals surface area (Å²) in [6.07, 6.45) is 0. The van der Waals surface area contributed by atoms with Gasteiger partial charge in [0.2, 0.25) is 0 Å². The average molecular weight is 318 g/mol. The minimum Gasteiger partial charge on any atom is -0.434 e. The topological polar surface area (TPSA) is 93.6 Å². The van der Waals surface area contributed by atoms with Crippen LogP contribution in [0.1, 0.15) is 41.5 Å². The van der Waals surface area contributed by atoms with Gasteiger partial charge in [-0.25, -0.2) is 9.98 Å². The zero-order valence-corrected chi connectivity index (χ0v) is 14.3. The summed E-state index contributed by atoms with van der Waals surface area (Å²) in [5.41, 5.74) is 0.639. The Balaban J connectivity index is 2.73. The summed E-state index contributed by atoms with van der Waals surface area (Å²) in [5.74, 6) is 0.473. The molecule has 2 aromatic rings. The lowest BCUT2D eigenvalue weighted by molar-refractivity contribution is -0.384. The quantitative estimate of drug-likeness (QED) is 0.674. The van der Waals surface area contributed by atoms with E-state index < -0.39 is 4.92 Å². The number of nitrogens with one attached hydrogen (secondary N) is 1. The van der Waals surface area contributed by atoms with Crippen molar-refractivity contribution in [3.8, 4) is 0 Å². The molecule has 1 aromatic heterocycles. The molecule has 0 bridgehead atoms. The molecule has 7 nitrogen and oxygen atoms in total. The van der Waals surface area contributed by atoms with Crippen molar-refractivity contribution in [3.63, 3.8) is 0 Å². The third kappa shape index (κ3) is 4.51. The van der Waals surface area contributed by atoms with Gasteiger partial charge >= 0.3 is 0 Å². The predicted molar refractivity (Wildman–Crippen MR) is 89.4 cm³/mol. The fourth-order valence-electron chi connectivity index (χ4n) is 1.93. The molecule has 1 heterocycles. The maximum atomic E-state index is 10.9. The van der Waals surface area contributed by atoms with Crippen LogP contribution in [0.15, 0.2) is 27.6 Å². The van der Waals surface area contributed by atoms with E-state index in [-0.39, 0.29) is 16.8 Å². The number of anilines is 1. The number of nitrogens with zero attached hydrogens (tertiary/aromatic N) is 3. The number of fused-ring (bicyclic) bond motifs is 1. The fraction of sp³-hybridized carbons (Fsp3) is 0.500. The monoisotopic (exact) mass is 318 g/mol. The van der Waals surface area contributed by atoms with Crippen molar-refractivity contribution in [3.05, 3.63) is 33.9 Å². The van der Waals surface area contributed by atoms with Gasteiger partial charge in [-0.05, 0) is 47.6 Å². The molecule has 1 N–H and O–H groups in total. The Kier molecular flexibility index (Phi) is 4.15. The zero-order chi connectivity index (χ0) is 17.4. The zero-order valence-electron chi connectivity index (χ0n) is 14.3. The van der Waals surface area contributed by atoms with E-state index in [1.807, 2.05) is 41.5 Å². The maximum absolute atomic E-state index is 10.9. The van der Waals surface area contributed by atoms with Crippen LogP contribution in [0, 0.1) is 10.1 Å². The van der Waals surface area contributed by atoms with Gasteiger partial charge in [-0.1, -0.05) is 0 Å². The first-order chi connectivity index (χ1) is 10.4. The maximum Gasteiger partial charge on any atom is 0.271 e. The van der Waals surface area contributed by atoms with E-state index in [4.69, 9.17) is 4.42 Å². The van der Waals surface area contributed by atoms with Gasteiger partial charge < -0.3 is 9.73 Å². The molecule has 0 radical (unpaired) electrons. The molecule has 1 aromatic carbocycles. The van der Waals surface area contributed by atoms with Gasteiger partial charge in [-0.2, -0.15) is 0 Å². The number of nitro groups is 1. The highest BCUT2D eigenvalue weighted by molar-refractivity contribution is 5.76. The van der Waals surface area contributed by atoms with E-state index >= 15 is 0 Å². The molecule has 0 spiro atoms. The van der Waals surface area contributed by atoms with Crippen molar-refractivity contribution in [2.75, 3.05) is 5.32 Å². The largest absolute Gasteiger partial charge is 0.434 e. The van der Waals surface area contributed by atoms with Crippen LogP contribution >= 0.6 is 0 Å². The van der Waals surface area contributed by atoms with Gasteiger partial charge in [-0.3, -0.25) is 10.1 Å². The molecular formula is C16H22N4O3. The third-order valence-electron chi connectivity index (χ3n) is 2.73. The Bertz CT molecular complexity index is 811.